The van der Waals surface area contributed by atoms with Crippen LogP contribution in [0.2, 0.25) is 0 Å². The first-order chi connectivity index (χ1) is 8.47. The molecular weight excluding hydrogens is 250 g/mol. The summed E-state index contributed by atoms with van der Waals surface area (Å²) in [5.41, 5.74) is 1.38. The highest BCUT2D eigenvalue weighted by molar-refractivity contribution is 7.89. The van der Waals surface area contributed by atoms with Crippen molar-refractivity contribution in [3.05, 3.63) is 23.9 Å². The highest BCUT2D eigenvalue weighted by Crippen LogP contribution is 2.24. The van der Waals surface area contributed by atoms with E-state index in [1.54, 1.807) is 23.9 Å². The minimum absolute atomic E-state index is 0.0322. The van der Waals surface area contributed by atoms with Crippen LogP contribution in [0.4, 0.5) is 0 Å². The molecule has 0 radical (unpaired) electrons. The Morgan fingerprint density at radius 1 is 1.50 bits per heavy atom. The molecule has 0 saturated heterocycles. The Kier molecular flexibility index (Phi) is 3.11. The SMILES string of the molecule is C#CCNS(=O)(=O)c1cccc2c(C)nn(C)c12. The molecule has 1 aromatic heterocycles. The summed E-state index contributed by atoms with van der Waals surface area (Å²) in [5, 5.41) is 5.05. The van der Waals surface area contributed by atoms with Crippen molar-refractivity contribution in [3.8, 4) is 12.3 Å². The van der Waals surface area contributed by atoms with E-state index in [1.807, 2.05) is 13.0 Å². The summed E-state index contributed by atoms with van der Waals surface area (Å²) in [5.74, 6) is 2.25. The van der Waals surface area contributed by atoms with Crippen LogP contribution in [0, 0.1) is 19.3 Å². The minimum atomic E-state index is -3.61. The number of terminal acetylenes is 1. The van der Waals surface area contributed by atoms with Gasteiger partial charge >= 0.3 is 0 Å². The van der Waals surface area contributed by atoms with E-state index in [9.17, 15) is 8.42 Å². The summed E-state index contributed by atoms with van der Waals surface area (Å²) in [6.45, 7) is 1.81. The van der Waals surface area contributed by atoms with Gasteiger partial charge < -0.3 is 0 Å². The lowest BCUT2D eigenvalue weighted by atomic mass is 10.2. The first-order valence-corrected chi connectivity index (χ1v) is 6.81. The lowest BCUT2D eigenvalue weighted by Gasteiger charge is -2.06. The van der Waals surface area contributed by atoms with Gasteiger partial charge in [-0.1, -0.05) is 18.1 Å². The van der Waals surface area contributed by atoms with Crippen LogP contribution < -0.4 is 4.72 Å². The standard InChI is InChI=1S/C12H13N3O2S/c1-4-8-13-18(16,17)11-7-5-6-10-9(2)14-15(3)12(10)11/h1,5-7,13H,8H2,2-3H3. The zero-order valence-corrected chi connectivity index (χ0v) is 11.0. The third-order valence-corrected chi connectivity index (χ3v) is 4.10. The van der Waals surface area contributed by atoms with Crippen LogP contribution in [-0.2, 0) is 17.1 Å². The van der Waals surface area contributed by atoms with Gasteiger partial charge in [0.2, 0.25) is 10.0 Å². The van der Waals surface area contributed by atoms with E-state index in [-0.39, 0.29) is 11.4 Å². The van der Waals surface area contributed by atoms with Crippen LogP contribution in [0.3, 0.4) is 0 Å². The number of benzene rings is 1. The highest BCUT2D eigenvalue weighted by atomic mass is 32.2. The topological polar surface area (TPSA) is 64.0 Å². The molecule has 6 heteroatoms. The Balaban J connectivity index is 2.69. The first-order valence-electron chi connectivity index (χ1n) is 5.33. The number of rotatable bonds is 3. The maximum atomic E-state index is 12.1. The lowest BCUT2D eigenvalue weighted by molar-refractivity contribution is 0.586. The Bertz CT molecular complexity index is 739. The zero-order valence-electron chi connectivity index (χ0n) is 10.1. The lowest BCUT2D eigenvalue weighted by Crippen LogP contribution is -2.24. The fraction of sp³-hybridized carbons (Fsp3) is 0.250. The molecule has 0 aliphatic carbocycles. The molecule has 2 rings (SSSR count). The first kappa shape index (κ1) is 12.6. The number of sulfonamides is 1. The van der Waals surface area contributed by atoms with Gasteiger partial charge in [-0.05, 0) is 13.0 Å². The van der Waals surface area contributed by atoms with Gasteiger partial charge in [0, 0.05) is 12.4 Å². The molecular formula is C12H13N3O2S. The second kappa shape index (κ2) is 4.44. The van der Waals surface area contributed by atoms with Crippen molar-refractivity contribution in [1.82, 2.24) is 14.5 Å². The number of para-hydroxylation sites is 1. The van der Waals surface area contributed by atoms with E-state index in [0.29, 0.717) is 5.52 Å². The fourth-order valence-corrected chi connectivity index (χ4v) is 3.09. The molecule has 1 aromatic carbocycles. The molecule has 0 fully saturated rings. The number of hydrogen-bond donors (Lipinski definition) is 1. The second-order valence-corrected chi connectivity index (χ2v) is 5.63. The third-order valence-electron chi connectivity index (χ3n) is 2.67. The van der Waals surface area contributed by atoms with Crippen molar-refractivity contribution in [3.63, 3.8) is 0 Å². The van der Waals surface area contributed by atoms with E-state index in [1.165, 1.54) is 0 Å². The predicted molar refractivity (Wildman–Crippen MR) is 69.5 cm³/mol. The van der Waals surface area contributed by atoms with E-state index in [0.717, 1.165) is 11.1 Å². The van der Waals surface area contributed by atoms with Crippen molar-refractivity contribution in [2.24, 2.45) is 7.05 Å². The van der Waals surface area contributed by atoms with E-state index in [2.05, 4.69) is 15.7 Å². The van der Waals surface area contributed by atoms with E-state index >= 15 is 0 Å². The summed E-state index contributed by atoms with van der Waals surface area (Å²) in [7, 11) is -1.89. The summed E-state index contributed by atoms with van der Waals surface area (Å²) < 4.78 is 28.2. The van der Waals surface area contributed by atoms with Crippen LogP contribution in [0.15, 0.2) is 23.1 Å². The summed E-state index contributed by atoms with van der Waals surface area (Å²) in [4.78, 5) is 0.193. The van der Waals surface area contributed by atoms with Gasteiger partial charge in [-0.25, -0.2) is 8.42 Å². The largest absolute Gasteiger partial charge is 0.266 e. The molecule has 0 aliphatic heterocycles. The quantitative estimate of drug-likeness (QED) is 0.833. The van der Waals surface area contributed by atoms with Crippen LogP contribution in [0.25, 0.3) is 10.9 Å². The predicted octanol–water partition coefficient (Wildman–Crippen LogP) is 0.793. The minimum Gasteiger partial charge on any atom is -0.266 e. The smallest absolute Gasteiger partial charge is 0.243 e. The van der Waals surface area contributed by atoms with Crippen LogP contribution in [0.1, 0.15) is 5.69 Å². The number of hydrogen-bond acceptors (Lipinski definition) is 3. The summed E-state index contributed by atoms with van der Waals surface area (Å²) in [6, 6.07) is 5.08. The van der Waals surface area contributed by atoms with Gasteiger partial charge in [-0.15, -0.1) is 6.42 Å². The molecule has 0 bridgehead atoms. The molecule has 1 heterocycles. The molecule has 0 spiro atoms. The van der Waals surface area contributed by atoms with Crippen LogP contribution >= 0.6 is 0 Å². The van der Waals surface area contributed by atoms with Gasteiger partial charge in [0.15, 0.2) is 0 Å². The molecule has 18 heavy (non-hydrogen) atoms. The Morgan fingerprint density at radius 2 is 2.22 bits per heavy atom. The fourth-order valence-electron chi connectivity index (χ4n) is 1.91. The van der Waals surface area contributed by atoms with Crippen molar-refractivity contribution in [2.75, 3.05) is 6.54 Å². The molecule has 2 aromatic rings. The maximum Gasteiger partial charge on any atom is 0.243 e. The number of aryl methyl sites for hydroxylation is 2. The van der Waals surface area contributed by atoms with Crippen molar-refractivity contribution >= 4 is 20.9 Å². The van der Waals surface area contributed by atoms with Gasteiger partial charge in [-0.2, -0.15) is 9.82 Å². The zero-order chi connectivity index (χ0) is 13.3. The summed E-state index contributed by atoms with van der Waals surface area (Å²) >= 11 is 0. The monoisotopic (exact) mass is 263 g/mol. The Labute approximate surface area is 106 Å². The number of nitrogens with zero attached hydrogens (tertiary/aromatic N) is 2. The van der Waals surface area contributed by atoms with Crippen LogP contribution in [-0.4, -0.2) is 24.7 Å². The summed E-state index contributed by atoms with van der Waals surface area (Å²) in [6.07, 6.45) is 5.07. The molecule has 5 nitrogen and oxygen atoms in total. The average molecular weight is 263 g/mol. The number of fused-ring (bicyclic) bond motifs is 1. The van der Waals surface area contributed by atoms with Gasteiger partial charge in [0.1, 0.15) is 4.90 Å². The van der Waals surface area contributed by atoms with E-state index < -0.39 is 10.0 Å². The third kappa shape index (κ3) is 1.98. The van der Waals surface area contributed by atoms with Crippen LogP contribution in [0.5, 0.6) is 0 Å². The number of aromatic nitrogens is 2. The second-order valence-electron chi connectivity index (χ2n) is 3.89. The molecule has 0 unspecified atom stereocenters. The van der Waals surface area contributed by atoms with Crippen molar-refractivity contribution in [2.45, 2.75) is 11.8 Å². The highest BCUT2D eigenvalue weighted by Gasteiger charge is 2.19. The van der Waals surface area contributed by atoms with E-state index in [4.69, 9.17) is 6.42 Å². The van der Waals surface area contributed by atoms with Crippen molar-refractivity contribution in [1.29, 1.82) is 0 Å². The molecule has 0 amide bonds. The van der Waals surface area contributed by atoms with Gasteiger partial charge in [0.05, 0.1) is 17.8 Å². The molecule has 0 aliphatic rings. The Morgan fingerprint density at radius 3 is 2.89 bits per heavy atom. The molecule has 1 N–H and O–H groups in total. The molecule has 0 saturated carbocycles. The van der Waals surface area contributed by atoms with Gasteiger partial charge in [0.25, 0.3) is 0 Å². The molecule has 94 valence electrons. The Hall–Kier alpha value is -1.84. The van der Waals surface area contributed by atoms with Gasteiger partial charge in [-0.3, -0.25) is 4.68 Å². The average Bonchev–Trinajstić information content (AvgIpc) is 2.63. The normalized spacial score (nSPS) is 11.6. The maximum absolute atomic E-state index is 12.1. The molecule has 0 atom stereocenters. The number of nitrogens with one attached hydrogen (secondary N) is 1. The van der Waals surface area contributed by atoms with Crippen molar-refractivity contribution < 1.29 is 8.42 Å².